The first-order chi connectivity index (χ1) is 12.2. The maximum atomic E-state index is 11.7. The van der Waals surface area contributed by atoms with E-state index in [1.165, 1.54) is 5.56 Å². The van der Waals surface area contributed by atoms with Gasteiger partial charge in [-0.25, -0.2) is 4.79 Å². The number of piperazine rings is 1. The lowest BCUT2D eigenvalue weighted by Crippen LogP contribution is -2.46. The van der Waals surface area contributed by atoms with Crippen LogP contribution in [-0.2, 0) is 11.3 Å². The molecule has 2 aromatic rings. The van der Waals surface area contributed by atoms with Crippen molar-refractivity contribution in [2.75, 3.05) is 43.4 Å². The number of carbonyl (C=O) groups excluding carboxylic acids is 1. The minimum Gasteiger partial charge on any atom is -0.462 e. The number of nitrogens with zero attached hydrogens (tertiary/aromatic N) is 2. The van der Waals surface area contributed by atoms with Crippen molar-refractivity contribution < 1.29 is 9.53 Å². The number of rotatable bonds is 5. The van der Waals surface area contributed by atoms with E-state index in [1.807, 2.05) is 49.4 Å². The lowest BCUT2D eigenvalue weighted by molar-refractivity contribution is 0.0526. The summed E-state index contributed by atoms with van der Waals surface area (Å²) >= 11 is 0. The zero-order chi connectivity index (χ0) is 17.6. The van der Waals surface area contributed by atoms with Gasteiger partial charge in [-0.05, 0) is 42.8 Å². The Balaban J connectivity index is 1.55. The Bertz CT molecular complexity index is 707. The number of hydrogen-bond acceptors (Lipinski definition) is 5. The molecule has 0 unspecified atom stereocenters. The quantitative estimate of drug-likeness (QED) is 0.670. The third kappa shape index (κ3) is 4.31. The Morgan fingerprint density at radius 3 is 2.36 bits per heavy atom. The molecule has 2 aromatic carbocycles. The van der Waals surface area contributed by atoms with E-state index >= 15 is 0 Å². The highest BCUT2D eigenvalue weighted by atomic mass is 16.5. The Kier molecular flexibility index (Phi) is 5.56. The van der Waals surface area contributed by atoms with Gasteiger partial charge in [-0.2, -0.15) is 0 Å². The Morgan fingerprint density at radius 2 is 1.72 bits per heavy atom. The van der Waals surface area contributed by atoms with Crippen LogP contribution in [0, 0.1) is 0 Å². The lowest BCUT2D eigenvalue weighted by atomic mass is 10.1. The van der Waals surface area contributed by atoms with E-state index in [9.17, 15) is 4.79 Å². The number of nitrogens with two attached hydrogens (primary N) is 1. The molecular formula is C20H25N3O2. The van der Waals surface area contributed by atoms with E-state index < -0.39 is 0 Å². The fourth-order valence-electron chi connectivity index (χ4n) is 3.11. The second-order valence-electron chi connectivity index (χ2n) is 6.23. The molecule has 0 atom stereocenters. The van der Waals surface area contributed by atoms with Crippen LogP contribution < -0.4 is 10.6 Å². The van der Waals surface area contributed by atoms with Crippen LogP contribution in [0.5, 0.6) is 0 Å². The summed E-state index contributed by atoms with van der Waals surface area (Å²) in [5.41, 5.74) is 9.84. The summed E-state index contributed by atoms with van der Waals surface area (Å²) < 4.78 is 5.02. The molecule has 1 aliphatic rings. The first kappa shape index (κ1) is 17.3. The zero-order valence-electron chi connectivity index (χ0n) is 14.6. The third-order valence-corrected chi connectivity index (χ3v) is 4.56. The summed E-state index contributed by atoms with van der Waals surface area (Å²) in [7, 11) is 0. The summed E-state index contributed by atoms with van der Waals surface area (Å²) in [6.07, 6.45) is 0. The Labute approximate surface area is 149 Å². The van der Waals surface area contributed by atoms with Crippen molar-refractivity contribution in [3.63, 3.8) is 0 Å². The molecule has 1 fully saturated rings. The van der Waals surface area contributed by atoms with Gasteiger partial charge in [0.25, 0.3) is 0 Å². The van der Waals surface area contributed by atoms with E-state index in [0.29, 0.717) is 12.2 Å². The molecule has 0 aliphatic carbocycles. The molecule has 5 nitrogen and oxygen atoms in total. The molecule has 25 heavy (non-hydrogen) atoms. The van der Waals surface area contributed by atoms with Crippen molar-refractivity contribution in [1.82, 2.24) is 4.90 Å². The highest BCUT2D eigenvalue weighted by molar-refractivity contribution is 5.89. The van der Waals surface area contributed by atoms with Crippen molar-refractivity contribution in [3.05, 3.63) is 59.7 Å². The zero-order valence-corrected chi connectivity index (χ0v) is 14.6. The summed E-state index contributed by atoms with van der Waals surface area (Å²) in [5, 5.41) is 0. The number of esters is 1. The minimum atomic E-state index is -0.265. The SMILES string of the molecule is CCOC(=O)c1ccc(N2CCN(Cc3ccccc3N)CC2)cc1. The smallest absolute Gasteiger partial charge is 0.338 e. The van der Waals surface area contributed by atoms with Gasteiger partial charge < -0.3 is 15.4 Å². The van der Waals surface area contributed by atoms with E-state index in [1.54, 1.807) is 0 Å². The van der Waals surface area contributed by atoms with Crippen LogP contribution in [0.15, 0.2) is 48.5 Å². The van der Waals surface area contributed by atoms with Crippen LogP contribution in [0.3, 0.4) is 0 Å². The van der Waals surface area contributed by atoms with Crippen molar-refractivity contribution in [1.29, 1.82) is 0 Å². The van der Waals surface area contributed by atoms with Gasteiger partial charge in [0, 0.05) is 44.1 Å². The number of para-hydroxylation sites is 1. The normalized spacial score (nSPS) is 15.2. The van der Waals surface area contributed by atoms with Crippen LogP contribution >= 0.6 is 0 Å². The fourth-order valence-corrected chi connectivity index (χ4v) is 3.11. The molecule has 0 amide bonds. The number of carbonyl (C=O) groups is 1. The van der Waals surface area contributed by atoms with Crippen LogP contribution in [0.1, 0.15) is 22.8 Å². The Hall–Kier alpha value is -2.53. The van der Waals surface area contributed by atoms with Crippen LogP contribution in [0.2, 0.25) is 0 Å². The molecule has 0 bridgehead atoms. The maximum absolute atomic E-state index is 11.7. The highest BCUT2D eigenvalue weighted by Crippen LogP contribution is 2.20. The van der Waals surface area contributed by atoms with Gasteiger partial charge in [-0.3, -0.25) is 4.90 Å². The number of anilines is 2. The second kappa shape index (κ2) is 8.03. The van der Waals surface area contributed by atoms with Crippen LogP contribution in [0.25, 0.3) is 0 Å². The predicted molar refractivity (Wildman–Crippen MR) is 101 cm³/mol. The van der Waals surface area contributed by atoms with Gasteiger partial charge in [-0.15, -0.1) is 0 Å². The molecule has 2 N–H and O–H groups in total. The van der Waals surface area contributed by atoms with Crippen molar-refractivity contribution in [3.8, 4) is 0 Å². The van der Waals surface area contributed by atoms with Crippen LogP contribution in [-0.4, -0.2) is 43.7 Å². The maximum Gasteiger partial charge on any atom is 0.338 e. The minimum absolute atomic E-state index is 0.265. The van der Waals surface area contributed by atoms with E-state index in [0.717, 1.165) is 44.1 Å². The number of benzene rings is 2. The van der Waals surface area contributed by atoms with Crippen molar-refractivity contribution in [2.24, 2.45) is 0 Å². The van der Waals surface area contributed by atoms with E-state index in [4.69, 9.17) is 10.5 Å². The molecule has 1 heterocycles. The Morgan fingerprint density at radius 1 is 1.04 bits per heavy atom. The molecule has 5 heteroatoms. The van der Waals surface area contributed by atoms with Crippen LogP contribution in [0.4, 0.5) is 11.4 Å². The first-order valence-electron chi connectivity index (χ1n) is 8.75. The predicted octanol–water partition coefficient (Wildman–Crippen LogP) is 2.77. The molecule has 1 aliphatic heterocycles. The standard InChI is InChI=1S/C20H25N3O2/c1-2-25-20(24)16-7-9-18(10-8-16)23-13-11-22(12-14-23)15-17-5-3-4-6-19(17)21/h3-10H,2,11-15,21H2,1H3. The van der Waals surface area contributed by atoms with E-state index in [2.05, 4.69) is 15.9 Å². The number of hydrogen-bond donors (Lipinski definition) is 1. The summed E-state index contributed by atoms with van der Waals surface area (Å²) in [6.45, 7) is 7.02. The average Bonchev–Trinajstić information content (AvgIpc) is 2.65. The summed E-state index contributed by atoms with van der Waals surface area (Å²) in [4.78, 5) is 16.5. The molecule has 0 spiro atoms. The second-order valence-corrected chi connectivity index (χ2v) is 6.23. The molecule has 0 radical (unpaired) electrons. The first-order valence-corrected chi connectivity index (χ1v) is 8.75. The molecule has 3 rings (SSSR count). The van der Waals surface area contributed by atoms with E-state index in [-0.39, 0.29) is 5.97 Å². The number of nitrogen functional groups attached to an aromatic ring is 1. The molecule has 0 saturated carbocycles. The van der Waals surface area contributed by atoms with Gasteiger partial charge >= 0.3 is 5.97 Å². The topological polar surface area (TPSA) is 58.8 Å². The molecule has 1 saturated heterocycles. The fraction of sp³-hybridized carbons (Fsp3) is 0.350. The molecule has 0 aromatic heterocycles. The number of ether oxygens (including phenoxy) is 1. The molecular weight excluding hydrogens is 314 g/mol. The third-order valence-electron chi connectivity index (χ3n) is 4.56. The van der Waals surface area contributed by atoms with Gasteiger partial charge in [-0.1, -0.05) is 18.2 Å². The van der Waals surface area contributed by atoms with Gasteiger partial charge in [0.15, 0.2) is 0 Å². The van der Waals surface area contributed by atoms with Crippen molar-refractivity contribution >= 4 is 17.3 Å². The largest absolute Gasteiger partial charge is 0.462 e. The summed E-state index contributed by atoms with van der Waals surface area (Å²) in [5.74, 6) is -0.265. The van der Waals surface area contributed by atoms with Gasteiger partial charge in [0.1, 0.15) is 0 Å². The monoisotopic (exact) mass is 339 g/mol. The van der Waals surface area contributed by atoms with Gasteiger partial charge in [0.05, 0.1) is 12.2 Å². The molecule has 132 valence electrons. The highest BCUT2D eigenvalue weighted by Gasteiger charge is 2.18. The lowest BCUT2D eigenvalue weighted by Gasteiger charge is -2.36. The average molecular weight is 339 g/mol. The summed E-state index contributed by atoms with van der Waals surface area (Å²) in [6, 6.07) is 15.7. The van der Waals surface area contributed by atoms with Crippen molar-refractivity contribution in [2.45, 2.75) is 13.5 Å². The van der Waals surface area contributed by atoms with Gasteiger partial charge in [0.2, 0.25) is 0 Å².